The summed E-state index contributed by atoms with van der Waals surface area (Å²) in [5.74, 6) is 0. The molecule has 0 bridgehead atoms. The van der Waals surface area contributed by atoms with Gasteiger partial charge in [0.25, 0.3) is 0 Å². The predicted octanol–water partition coefficient (Wildman–Crippen LogP) is 1.07. The first-order chi connectivity index (χ1) is 3.42. The average molecular weight is 177 g/mol. The zero-order valence-corrected chi connectivity index (χ0v) is 5.32. The fraction of sp³-hybridized carbons (Fsp3) is 1.00. The van der Waals surface area contributed by atoms with Crippen LogP contribution in [-0.2, 0) is 15.2 Å². The van der Waals surface area contributed by atoms with Crippen LogP contribution in [0.4, 0.5) is 13.2 Å². The third kappa shape index (κ3) is 6.27. The van der Waals surface area contributed by atoms with Crippen molar-refractivity contribution in [3.05, 3.63) is 0 Å². The van der Waals surface area contributed by atoms with Gasteiger partial charge in [0.2, 0.25) is 0 Å². The Hall–Kier alpha value is 0.269. The fourth-order valence-corrected chi connectivity index (χ4v) is 0.630. The fourth-order valence-electron chi connectivity index (χ4n) is 0.153. The molecule has 0 aromatic carbocycles. The average Bonchev–Trinajstić information content (AvgIpc) is 1.21. The molecule has 0 aliphatic heterocycles. The molecule has 0 fully saturated rings. The molecule has 5 heteroatoms. The summed E-state index contributed by atoms with van der Waals surface area (Å²) in [6, 6.07) is 0. The van der Waals surface area contributed by atoms with Crippen molar-refractivity contribution in [3.63, 3.8) is 0 Å². The molecule has 0 aromatic heterocycles. The molecule has 0 rings (SSSR count). The van der Waals surface area contributed by atoms with E-state index in [9.17, 15) is 13.2 Å². The van der Waals surface area contributed by atoms with Crippen LogP contribution in [0.3, 0.4) is 0 Å². The summed E-state index contributed by atoms with van der Waals surface area (Å²) in [6.45, 7) is 0. The second-order valence-electron chi connectivity index (χ2n) is 1.17. The van der Waals surface area contributed by atoms with E-state index in [-0.39, 0.29) is 15.2 Å². The zero-order valence-electron chi connectivity index (χ0n) is 4.38. The summed E-state index contributed by atoms with van der Waals surface area (Å²) in [4.78, 5) is 0. The first kappa shape index (κ1) is 8.27. The van der Waals surface area contributed by atoms with E-state index in [4.69, 9.17) is 0 Å². The van der Waals surface area contributed by atoms with Crippen molar-refractivity contribution in [1.29, 1.82) is 0 Å². The number of halogens is 3. The van der Waals surface area contributed by atoms with Gasteiger partial charge in [-0.1, -0.05) is 0 Å². The Morgan fingerprint density at radius 1 is 1.25 bits per heavy atom. The van der Waals surface area contributed by atoms with Gasteiger partial charge in [0.05, 0.1) is 0 Å². The van der Waals surface area contributed by atoms with E-state index in [1.54, 1.807) is 0 Å². The van der Waals surface area contributed by atoms with Crippen LogP contribution in [-0.4, -0.2) is 23.1 Å². The van der Waals surface area contributed by atoms with Crippen molar-refractivity contribution in [2.75, 3.05) is 14.1 Å². The zero-order chi connectivity index (χ0) is 6.78. The number of hydrogen-bond donors (Lipinski definition) is 0. The van der Waals surface area contributed by atoms with Crippen LogP contribution in [0.5, 0.6) is 0 Å². The van der Waals surface area contributed by atoms with E-state index in [2.05, 4.69) is 0 Å². The van der Waals surface area contributed by atoms with Gasteiger partial charge in [-0.2, -0.15) is 0 Å². The third-order valence-electron chi connectivity index (χ3n) is 0.211. The van der Waals surface area contributed by atoms with E-state index < -0.39 is 5.07 Å². The summed E-state index contributed by atoms with van der Waals surface area (Å²) < 4.78 is 34.7. The summed E-state index contributed by atoms with van der Waals surface area (Å²) in [5.41, 5.74) is 0. The van der Waals surface area contributed by atoms with Crippen LogP contribution in [0.1, 0.15) is 0 Å². The third-order valence-corrected chi connectivity index (χ3v) is 0.871. The Balaban J connectivity index is 3.39. The quantitative estimate of drug-likeness (QED) is 0.541. The van der Waals surface area contributed by atoms with E-state index in [1.165, 1.54) is 14.1 Å². The topological polar surface area (TPSA) is 3.24 Å². The molecular formula is C3H6CuF3N. The summed E-state index contributed by atoms with van der Waals surface area (Å²) in [5, 5.41) is -4.15. The van der Waals surface area contributed by atoms with Gasteiger partial charge in [0.15, 0.2) is 0 Å². The molecular weight excluding hydrogens is 171 g/mol. The van der Waals surface area contributed by atoms with Crippen LogP contribution in [0.25, 0.3) is 0 Å². The first-order valence-corrected chi connectivity index (χ1v) is 2.64. The normalized spacial score (nSPS) is 13.2. The second kappa shape index (κ2) is 2.71. The molecule has 55 valence electrons. The molecule has 0 aliphatic carbocycles. The van der Waals surface area contributed by atoms with Crippen LogP contribution >= 0.6 is 0 Å². The summed E-state index contributed by atoms with van der Waals surface area (Å²) >= 11 is -0.0694. The molecule has 8 heavy (non-hydrogen) atoms. The predicted molar refractivity (Wildman–Crippen MR) is 19.7 cm³/mol. The number of alkyl halides is 3. The summed E-state index contributed by atoms with van der Waals surface area (Å²) in [6.07, 6.45) is 0. The summed E-state index contributed by atoms with van der Waals surface area (Å²) in [7, 11) is 2.68. The molecule has 1 nitrogen and oxygen atoms in total. The molecule has 0 unspecified atom stereocenters. The number of nitrogens with zero attached hydrogens (tertiary/aromatic N) is 1. The van der Waals surface area contributed by atoms with Crippen LogP contribution in [0.2, 0.25) is 0 Å². The monoisotopic (exact) mass is 176 g/mol. The first-order valence-electron chi connectivity index (χ1n) is 1.75. The molecule has 0 saturated heterocycles. The molecule has 0 atom stereocenters. The van der Waals surface area contributed by atoms with Crippen molar-refractivity contribution in [3.8, 4) is 0 Å². The molecule has 0 saturated carbocycles. The molecule has 0 aliphatic rings. The van der Waals surface area contributed by atoms with Gasteiger partial charge < -0.3 is 0 Å². The molecule has 0 amide bonds. The van der Waals surface area contributed by atoms with E-state index in [1.807, 2.05) is 0 Å². The van der Waals surface area contributed by atoms with Crippen LogP contribution in [0.15, 0.2) is 0 Å². The van der Waals surface area contributed by atoms with Gasteiger partial charge in [-0.3, -0.25) is 0 Å². The Morgan fingerprint density at radius 3 is 1.62 bits per heavy atom. The number of rotatable bonds is 1. The van der Waals surface area contributed by atoms with Gasteiger partial charge in [0.1, 0.15) is 0 Å². The molecule has 0 radical (unpaired) electrons. The van der Waals surface area contributed by atoms with Crippen molar-refractivity contribution in [2.45, 2.75) is 5.07 Å². The van der Waals surface area contributed by atoms with Gasteiger partial charge in [0, 0.05) is 0 Å². The minimum atomic E-state index is -4.15. The van der Waals surface area contributed by atoms with E-state index in [0.717, 1.165) is 3.92 Å². The van der Waals surface area contributed by atoms with Crippen molar-refractivity contribution in [2.24, 2.45) is 0 Å². The SMILES string of the molecule is C[N](C)[Cu][C](F)(F)F. The van der Waals surface area contributed by atoms with Gasteiger partial charge in [-0.05, 0) is 0 Å². The molecule has 0 spiro atoms. The van der Waals surface area contributed by atoms with Crippen molar-refractivity contribution in [1.82, 2.24) is 3.92 Å². The Labute approximate surface area is 52.2 Å². The second-order valence-corrected chi connectivity index (χ2v) is 2.76. The van der Waals surface area contributed by atoms with E-state index in [0.29, 0.717) is 0 Å². The maximum atomic E-state index is 11.2. The Kier molecular flexibility index (Phi) is 2.80. The Bertz CT molecular complexity index is 69.4. The molecule has 0 aromatic rings. The van der Waals surface area contributed by atoms with Crippen molar-refractivity contribution >= 4 is 0 Å². The maximum absolute atomic E-state index is 11.2. The Morgan fingerprint density at radius 2 is 1.62 bits per heavy atom. The minimum absolute atomic E-state index is 0.0694. The number of hydrogen-bond acceptors (Lipinski definition) is 1. The van der Waals surface area contributed by atoms with Gasteiger partial charge >= 0.3 is 51.4 Å². The molecule has 0 heterocycles. The van der Waals surface area contributed by atoms with E-state index >= 15 is 0 Å². The molecule has 0 N–H and O–H groups in total. The van der Waals surface area contributed by atoms with Gasteiger partial charge in [-0.15, -0.1) is 0 Å². The van der Waals surface area contributed by atoms with Crippen molar-refractivity contribution < 1.29 is 28.3 Å². The standard InChI is InChI=1S/C2H6N.CF3.Cu/c1-3-2;2-1(3)4;/h1-2H3;;/q-1;;+1. The van der Waals surface area contributed by atoms with Gasteiger partial charge in [-0.25, -0.2) is 0 Å². The van der Waals surface area contributed by atoms with Crippen LogP contribution < -0.4 is 0 Å². The van der Waals surface area contributed by atoms with Crippen LogP contribution in [0, 0.1) is 0 Å².